The maximum atomic E-state index is 13.7. The van der Waals surface area contributed by atoms with E-state index in [1.165, 1.54) is 12.1 Å². The molecule has 0 heterocycles. The van der Waals surface area contributed by atoms with Gasteiger partial charge in [0.2, 0.25) is 5.91 Å². The van der Waals surface area contributed by atoms with Crippen molar-refractivity contribution in [3.63, 3.8) is 0 Å². The third kappa shape index (κ3) is 3.78. The van der Waals surface area contributed by atoms with Gasteiger partial charge in [0.05, 0.1) is 11.8 Å². The molecule has 1 aromatic rings. The summed E-state index contributed by atoms with van der Waals surface area (Å²) in [4.78, 5) is 22.8. The Morgan fingerprint density at radius 2 is 2.14 bits per heavy atom. The molecule has 6 heteroatoms. The minimum Gasteiger partial charge on any atom is -0.481 e. The van der Waals surface area contributed by atoms with Crippen LogP contribution < -0.4 is 5.32 Å². The Hall–Kier alpha value is -1.95. The van der Waals surface area contributed by atoms with Gasteiger partial charge in [-0.15, -0.1) is 0 Å². The number of methoxy groups -OCH3 is 1. The summed E-state index contributed by atoms with van der Waals surface area (Å²) in [5.74, 6) is -1.86. The number of carboxylic acid groups (broad SMARTS) is 1. The summed E-state index contributed by atoms with van der Waals surface area (Å²) in [5, 5.41) is 11.3. The van der Waals surface area contributed by atoms with Crippen molar-refractivity contribution in [2.45, 2.75) is 25.7 Å². The molecule has 1 aromatic carbocycles. The second kappa shape index (κ2) is 6.22. The van der Waals surface area contributed by atoms with Crippen LogP contribution in [0.5, 0.6) is 0 Å². The van der Waals surface area contributed by atoms with E-state index in [1.54, 1.807) is 7.11 Å². The Morgan fingerprint density at radius 3 is 2.67 bits per heavy atom. The lowest BCUT2D eigenvalue weighted by Crippen LogP contribution is -2.25. The lowest BCUT2D eigenvalue weighted by atomic mass is 10.0. The van der Waals surface area contributed by atoms with Gasteiger partial charge in [0, 0.05) is 19.4 Å². The van der Waals surface area contributed by atoms with E-state index in [2.05, 4.69) is 5.32 Å². The zero-order valence-corrected chi connectivity index (χ0v) is 11.8. The average Bonchev–Trinajstić information content (AvgIpc) is 3.20. The van der Waals surface area contributed by atoms with Crippen LogP contribution in [0.2, 0.25) is 0 Å². The molecular weight excluding hydrogens is 277 g/mol. The van der Waals surface area contributed by atoms with Gasteiger partial charge in [0.15, 0.2) is 0 Å². The summed E-state index contributed by atoms with van der Waals surface area (Å²) in [6, 6.07) is 4.06. The molecule has 0 aromatic heterocycles. The summed E-state index contributed by atoms with van der Waals surface area (Å²) < 4.78 is 18.7. The molecule has 1 fully saturated rings. The first kappa shape index (κ1) is 15.4. The number of amides is 1. The third-order valence-electron chi connectivity index (χ3n) is 3.77. The van der Waals surface area contributed by atoms with E-state index in [1.807, 2.05) is 0 Å². The van der Waals surface area contributed by atoms with Crippen LogP contribution in [0.4, 0.5) is 10.1 Å². The highest BCUT2D eigenvalue weighted by Gasteiger charge is 2.49. The quantitative estimate of drug-likeness (QED) is 0.808. The first-order chi connectivity index (χ1) is 9.97. The fraction of sp³-hybridized carbons (Fsp3) is 0.467. The lowest BCUT2D eigenvalue weighted by molar-refractivity contribution is -0.136. The Labute approximate surface area is 122 Å². The smallest absolute Gasteiger partial charge is 0.307 e. The van der Waals surface area contributed by atoms with Crippen molar-refractivity contribution < 1.29 is 23.8 Å². The number of rotatable bonds is 7. The second-order valence-corrected chi connectivity index (χ2v) is 5.35. The lowest BCUT2D eigenvalue weighted by Gasteiger charge is -2.15. The van der Waals surface area contributed by atoms with E-state index in [4.69, 9.17) is 9.84 Å². The summed E-state index contributed by atoms with van der Waals surface area (Å²) in [5.41, 5.74) is 0.0445. The summed E-state index contributed by atoms with van der Waals surface area (Å²) in [7, 11) is 1.59. The standard InChI is InChI=1S/C15H18FNO4/c1-21-7-6-15(4-5-15)14(20)17-11-3-2-10(8-13(18)19)12(16)9-11/h2-3,9H,4-8H2,1H3,(H,17,20)(H,18,19). The fourth-order valence-corrected chi connectivity index (χ4v) is 2.23. The number of carbonyl (C=O) groups excluding carboxylic acids is 1. The first-order valence-electron chi connectivity index (χ1n) is 6.77. The van der Waals surface area contributed by atoms with Crippen LogP contribution in [0.25, 0.3) is 0 Å². The van der Waals surface area contributed by atoms with Crippen molar-refractivity contribution in [2.24, 2.45) is 5.41 Å². The summed E-state index contributed by atoms with van der Waals surface area (Å²) in [6.45, 7) is 0.513. The molecule has 0 saturated heterocycles. The maximum Gasteiger partial charge on any atom is 0.307 e. The maximum absolute atomic E-state index is 13.7. The van der Waals surface area contributed by atoms with Crippen LogP contribution in [0, 0.1) is 11.2 Å². The van der Waals surface area contributed by atoms with Crippen LogP contribution in [0.3, 0.4) is 0 Å². The molecule has 0 bridgehead atoms. The molecule has 1 aliphatic carbocycles. The van der Waals surface area contributed by atoms with Gasteiger partial charge in [-0.3, -0.25) is 9.59 Å². The van der Waals surface area contributed by atoms with Crippen LogP contribution in [-0.4, -0.2) is 30.7 Å². The monoisotopic (exact) mass is 295 g/mol. The Bertz CT molecular complexity index is 555. The number of aliphatic carboxylic acids is 1. The second-order valence-electron chi connectivity index (χ2n) is 5.35. The number of hydrogen-bond donors (Lipinski definition) is 2. The van der Waals surface area contributed by atoms with Crippen molar-refractivity contribution in [1.29, 1.82) is 0 Å². The van der Waals surface area contributed by atoms with Gasteiger partial charge < -0.3 is 15.2 Å². The van der Waals surface area contributed by atoms with E-state index in [-0.39, 0.29) is 17.9 Å². The summed E-state index contributed by atoms with van der Waals surface area (Å²) >= 11 is 0. The van der Waals surface area contributed by atoms with Crippen molar-refractivity contribution >= 4 is 17.6 Å². The number of carboxylic acids is 1. The van der Waals surface area contributed by atoms with Crippen molar-refractivity contribution in [3.05, 3.63) is 29.6 Å². The minimum atomic E-state index is -1.10. The molecule has 114 valence electrons. The SMILES string of the molecule is COCCC1(C(=O)Nc2ccc(CC(=O)O)c(F)c2)CC1. The van der Waals surface area contributed by atoms with Crippen LogP contribution in [0.1, 0.15) is 24.8 Å². The molecule has 2 N–H and O–H groups in total. The molecule has 1 saturated carbocycles. The highest BCUT2D eigenvalue weighted by atomic mass is 19.1. The molecule has 0 unspecified atom stereocenters. The number of hydrogen-bond acceptors (Lipinski definition) is 3. The zero-order valence-electron chi connectivity index (χ0n) is 11.8. The Balaban J connectivity index is 2.01. The van der Waals surface area contributed by atoms with Crippen LogP contribution >= 0.6 is 0 Å². The molecule has 0 spiro atoms. The number of carbonyl (C=O) groups is 2. The number of ether oxygens (including phenoxy) is 1. The number of benzene rings is 1. The van der Waals surface area contributed by atoms with Gasteiger partial charge in [0.25, 0.3) is 0 Å². The third-order valence-corrected chi connectivity index (χ3v) is 3.77. The molecule has 5 nitrogen and oxygen atoms in total. The van der Waals surface area contributed by atoms with Crippen LogP contribution in [-0.2, 0) is 20.7 Å². The largest absolute Gasteiger partial charge is 0.481 e. The van der Waals surface area contributed by atoms with Gasteiger partial charge in [0.1, 0.15) is 5.82 Å². The van der Waals surface area contributed by atoms with Gasteiger partial charge in [-0.05, 0) is 37.0 Å². The molecule has 1 aliphatic rings. The topological polar surface area (TPSA) is 75.6 Å². The molecule has 0 atom stereocenters. The predicted octanol–water partition coefficient (Wildman–Crippen LogP) is 2.21. The van der Waals surface area contributed by atoms with E-state index >= 15 is 0 Å². The van der Waals surface area contributed by atoms with Gasteiger partial charge >= 0.3 is 5.97 Å². The Kier molecular flexibility index (Phi) is 4.57. The fourth-order valence-electron chi connectivity index (χ4n) is 2.23. The van der Waals surface area contributed by atoms with Gasteiger partial charge in [-0.25, -0.2) is 4.39 Å². The van der Waals surface area contributed by atoms with E-state index in [0.29, 0.717) is 18.7 Å². The van der Waals surface area contributed by atoms with Gasteiger partial charge in [-0.1, -0.05) is 6.07 Å². The molecule has 0 radical (unpaired) electrons. The zero-order chi connectivity index (χ0) is 15.5. The molecular formula is C15H18FNO4. The van der Waals surface area contributed by atoms with Crippen molar-refractivity contribution in [1.82, 2.24) is 0 Å². The van der Waals surface area contributed by atoms with E-state index in [9.17, 15) is 14.0 Å². The number of anilines is 1. The molecule has 0 aliphatic heterocycles. The van der Waals surface area contributed by atoms with E-state index < -0.39 is 17.2 Å². The molecule has 1 amide bonds. The van der Waals surface area contributed by atoms with Crippen molar-refractivity contribution in [3.8, 4) is 0 Å². The number of nitrogens with one attached hydrogen (secondary N) is 1. The first-order valence-corrected chi connectivity index (χ1v) is 6.77. The van der Waals surface area contributed by atoms with E-state index in [0.717, 1.165) is 18.9 Å². The highest BCUT2D eigenvalue weighted by molar-refractivity contribution is 5.97. The highest BCUT2D eigenvalue weighted by Crippen LogP contribution is 2.49. The normalized spacial score (nSPS) is 15.5. The molecule has 21 heavy (non-hydrogen) atoms. The average molecular weight is 295 g/mol. The Morgan fingerprint density at radius 1 is 1.43 bits per heavy atom. The number of halogens is 1. The molecule has 2 rings (SSSR count). The van der Waals surface area contributed by atoms with Crippen molar-refractivity contribution in [2.75, 3.05) is 19.0 Å². The van der Waals surface area contributed by atoms with Crippen LogP contribution in [0.15, 0.2) is 18.2 Å². The van der Waals surface area contributed by atoms with Gasteiger partial charge in [-0.2, -0.15) is 0 Å². The predicted molar refractivity (Wildman–Crippen MR) is 74.5 cm³/mol. The summed E-state index contributed by atoms with van der Waals surface area (Å²) in [6.07, 6.45) is 1.89. The minimum absolute atomic E-state index is 0.0982.